The van der Waals surface area contributed by atoms with Crippen LogP contribution in [0.25, 0.3) is 0 Å². The van der Waals surface area contributed by atoms with Gasteiger partial charge in [0.2, 0.25) is 0 Å². The van der Waals surface area contributed by atoms with Crippen molar-refractivity contribution in [1.29, 1.82) is 0 Å². The van der Waals surface area contributed by atoms with E-state index in [4.69, 9.17) is 4.74 Å². The maximum Gasteiger partial charge on any atom is 0.344 e. The molecule has 0 aromatic rings. The summed E-state index contributed by atoms with van der Waals surface area (Å²) in [6.07, 6.45) is 4.03. The molecule has 0 aliphatic carbocycles. The summed E-state index contributed by atoms with van der Waals surface area (Å²) in [5.74, 6) is -0.463. The highest BCUT2D eigenvalue weighted by Gasteiger charge is 2.32. The molecule has 0 saturated heterocycles. The fourth-order valence-corrected chi connectivity index (χ4v) is 1.78. The van der Waals surface area contributed by atoms with Crippen LogP contribution in [-0.2, 0) is 9.53 Å². The summed E-state index contributed by atoms with van der Waals surface area (Å²) in [6.45, 7) is 6.25. The lowest BCUT2D eigenvalue weighted by atomic mass is 10.1. The molecule has 4 heteroatoms. The predicted octanol–water partition coefficient (Wildman–Crippen LogP) is 2.79. The summed E-state index contributed by atoms with van der Waals surface area (Å²) >= 11 is 0. The molecular formula is C13H21NO3. The molecule has 4 nitrogen and oxygen atoms in total. The SMILES string of the molecule is CCCCCCN=C(C)C1=C(O)C(C)OC1=O. The average Bonchev–Trinajstić information content (AvgIpc) is 2.53. The van der Waals surface area contributed by atoms with Crippen LogP contribution in [-0.4, -0.2) is 29.4 Å². The van der Waals surface area contributed by atoms with Crippen molar-refractivity contribution >= 4 is 11.7 Å². The van der Waals surface area contributed by atoms with Crippen LogP contribution in [0.5, 0.6) is 0 Å². The van der Waals surface area contributed by atoms with Gasteiger partial charge in [-0.15, -0.1) is 0 Å². The second-order valence-corrected chi connectivity index (χ2v) is 4.34. The van der Waals surface area contributed by atoms with E-state index >= 15 is 0 Å². The number of unbranched alkanes of at least 4 members (excludes halogenated alkanes) is 3. The van der Waals surface area contributed by atoms with Gasteiger partial charge in [0.15, 0.2) is 6.10 Å². The fourth-order valence-electron chi connectivity index (χ4n) is 1.78. The van der Waals surface area contributed by atoms with Crippen LogP contribution in [0.15, 0.2) is 16.3 Å². The summed E-state index contributed by atoms with van der Waals surface area (Å²) in [4.78, 5) is 15.8. The van der Waals surface area contributed by atoms with Gasteiger partial charge in [0, 0.05) is 12.3 Å². The van der Waals surface area contributed by atoms with Gasteiger partial charge < -0.3 is 9.84 Å². The number of aliphatic hydroxyl groups excluding tert-OH is 1. The first-order valence-electron chi connectivity index (χ1n) is 6.23. The van der Waals surface area contributed by atoms with E-state index < -0.39 is 12.1 Å². The zero-order valence-electron chi connectivity index (χ0n) is 10.8. The number of hydrogen-bond donors (Lipinski definition) is 1. The maximum absolute atomic E-state index is 11.5. The highest BCUT2D eigenvalue weighted by atomic mass is 16.6. The standard InChI is InChI=1S/C13H21NO3/c1-4-5-6-7-8-14-9(2)11-12(15)10(3)17-13(11)16/h10,15H,4-8H2,1-3H3. The zero-order chi connectivity index (χ0) is 12.8. The van der Waals surface area contributed by atoms with E-state index in [1.807, 2.05) is 0 Å². The molecule has 1 aliphatic rings. The summed E-state index contributed by atoms with van der Waals surface area (Å²) in [7, 11) is 0. The number of hydrogen-bond acceptors (Lipinski definition) is 4. The first-order valence-corrected chi connectivity index (χ1v) is 6.23. The van der Waals surface area contributed by atoms with E-state index in [9.17, 15) is 9.90 Å². The monoisotopic (exact) mass is 239 g/mol. The largest absolute Gasteiger partial charge is 0.507 e. The average molecular weight is 239 g/mol. The molecule has 1 N–H and O–H groups in total. The Hall–Kier alpha value is -1.32. The van der Waals surface area contributed by atoms with Crippen LogP contribution < -0.4 is 0 Å². The topological polar surface area (TPSA) is 58.9 Å². The van der Waals surface area contributed by atoms with E-state index in [-0.39, 0.29) is 11.3 Å². The van der Waals surface area contributed by atoms with E-state index in [0.717, 1.165) is 12.8 Å². The number of aliphatic hydroxyl groups is 1. The first-order chi connectivity index (χ1) is 8.07. The van der Waals surface area contributed by atoms with Gasteiger partial charge in [0.1, 0.15) is 11.3 Å². The zero-order valence-corrected chi connectivity index (χ0v) is 10.8. The molecule has 17 heavy (non-hydrogen) atoms. The number of esters is 1. The number of rotatable bonds is 6. The van der Waals surface area contributed by atoms with Gasteiger partial charge in [-0.05, 0) is 20.3 Å². The Morgan fingerprint density at radius 3 is 2.65 bits per heavy atom. The molecule has 0 spiro atoms. The number of carbonyl (C=O) groups excluding carboxylic acids is 1. The van der Waals surface area contributed by atoms with Crippen molar-refractivity contribution in [3.63, 3.8) is 0 Å². The highest BCUT2D eigenvalue weighted by molar-refractivity contribution is 6.20. The van der Waals surface area contributed by atoms with Crippen molar-refractivity contribution in [3.05, 3.63) is 11.3 Å². The molecule has 0 saturated carbocycles. The predicted molar refractivity (Wildman–Crippen MR) is 67.3 cm³/mol. The third-order valence-electron chi connectivity index (χ3n) is 2.85. The molecule has 1 aliphatic heterocycles. The minimum atomic E-state index is -0.539. The molecule has 96 valence electrons. The molecule has 0 radical (unpaired) electrons. The van der Waals surface area contributed by atoms with Crippen LogP contribution >= 0.6 is 0 Å². The molecule has 0 aromatic heterocycles. The molecule has 0 aromatic carbocycles. The summed E-state index contributed by atoms with van der Waals surface area (Å²) in [6, 6.07) is 0. The molecule has 1 atom stereocenters. The van der Waals surface area contributed by atoms with Gasteiger partial charge in [0.05, 0.1) is 0 Å². The van der Waals surface area contributed by atoms with Gasteiger partial charge in [-0.25, -0.2) is 4.79 Å². The van der Waals surface area contributed by atoms with Crippen molar-refractivity contribution in [2.24, 2.45) is 4.99 Å². The van der Waals surface area contributed by atoms with Crippen molar-refractivity contribution in [2.75, 3.05) is 6.54 Å². The molecular weight excluding hydrogens is 218 g/mol. The Morgan fingerprint density at radius 1 is 1.41 bits per heavy atom. The van der Waals surface area contributed by atoms with Crippen LogP contribution in [0, 0.1) is 0 Å². The Labute approximate surface area is 102 Å². The van der Waals surface area contributed by atoms with E-state index in [1.165, 1.54) is 12.8 Å². The number of nitrogens with zero attached hydrogens (tertiary/aromatic N) is 1. The Morgan fingerprint density at radius 2 is 2.12 bits per heavy atom. The number of ether oxygens (including phenoxy) is 1. The summed E-state index contributed by atoms with van der Waals surface area (Å²) in [5, 5.41) is 9.69. The fraction of sp³-hybridized carbons (Fsp3) is 0.692. The van der Waals surface area contributed by atoms with Crippen molar-refractivity contribution in [3.8, 4) is 0 Å². The molecule has 0 bridgehead atoms. The summed E-state index contributed by atoms with van der Waals surface area (Å²) in [5.41, 5.74) is 0.821. The van der Waals surface area contributed by atoms with E-state index in [2.05, 4.69) is 11.9 Å². The lowest BCUT2D eigenvalue weighted by molar-refractivity contribution is -0.139. The van der Waals surface area contributed by atoms with Gasteiger partial charge in [0.25, 0.3) is 0 Å². The van der Waals surface area contributed by atoms with Gasteiger partial charge in [-0.2, -0.15) is 0 Å². The molecule has 1 heterocycles. The molecule has 0 fully saturated rings. The number of aliphatic imine (C=N–C) groups is 1. The smallest absolute Gasteiger partial charge is 0.344 e. The lowest BCUT2D eigenvalue weighted by Gasteiger charge is -2.00. The van der Waals surface area contributed by atoms with Gasteiger partial charge in [-0.3, -0.25) is 4.99 Å². The number of carbonyl (C=O) groups is 1. The second kappa shape index (κ2) is 6.42. The second-order valence-electron chi connectivity index (χ2n) is 4.34. The minimum Gasteiger partial charge on any atom is -0.507 e. The third-order valence-corrected chi connectivity index (χ3v) is 2.85. The van der Waals surface area contributed by atoms with Crippen molar-refractivity contribution < 1.29 is 14.6 Å². The Balaban J connectivity index is 2.54. The number of cyclic esters (lactones) is 1. The first kappa shape index (κ1) is 13.7. The molecule has 1 rings (SSSR count). The molecule has 1 unspecified atom stereocenters. The van der Waals surface area contributed by atoms with Gasteiger partial charge in [-0.1, -0.05) is 26.2 Å². The van der Waals surface area contributed by atoms with Crippen molar-refractivity contribution in [2.45, 2.75) is 52.6 Å². The van der Waals surface area contributed by atoms with Crippen LogP contribution in [0.2, 0.25) is 0 Å². The Bertz CT molecular complexity index is 345. The van der Waals surface area contributed by atoms with Crippen molar-refractivity contribution in [1.82, 2.24) is 0 Å². The minimum absolute atomic E-state index is 0.00445. The van der Waals surface area contributed by atoms with E-state index in [0.29, 0.717) is 12.3 Å². The summed E-state index contributed by atoms with van der Waals surface area (Å²) < 4.78 is 4.91. The quantitative estimate of drug-likeness (QED) is 0.440. The normalized spacial score (nSPS) is 21.0. The van der Waals surface area contributed by atoms with Crippen LogP contribution in [0.1, 0.15) is 46.5 Å². The van der Waals surface area contributed by atoms with Gasteiger partial charge >= 0.3 is 5.97 Å². The Kier molecular flexibility index (Phi) is 5.19. The maximum atomic E-state index is 11.5. The van der Waals surface area contributed by atoms with Crippen LogP contribution in [0.4, 0.5) is 0 Å². The highest BCUT2D eigenvalue weighted by Crippen LogP contribution is 2.21. The third kappa shape index (κ3) is 3.58. The van der Waals surface area contributed by atoms with E-state index in [1.54, 1.807) is 13.8 Å². The van der Waals surface area contributed by atoms with Crippen LogP contribution in [0.3, 0.4) is 0 Å². The molecule has 0 amide bonds. The lowest BCUT2D eigenvalue weighted by Crippen LogP contribution is -2.09.